The molecule has 2 aromatic carbocycles. The predicted molar refractivity (Wildman–Crippen MR) is 92.1 cm³/mol. The monoisotopic (exact) mass is 394 g/mol. The maximum atomic E-state index is 12.1. The van der Waals surface area contributed by atoms with E-state index in [4.69, 9.17) is 9.47 Å². The summed E-state index contributed by atoms with van der Waals surface area (Å²) in [5, 5.41) is 0. The van der Waals surface area contributed by atoms with E-state index < -0.39 is 0 Å². The molecular formula is C17H15IO3. The fourth-order valence-corrected chi connectivity index (χ4v) is 2.20. The van der Waals surface area contributed by atoms with Crippen molar-refractivity contribution in [3.8, 4) is 11.5 Å². The predicted octanol–water partition coefficient (Wildman–Crippen LogP) is 4.20. The molecule has 4 heteroatoms. The summed E-state index contributed by atoms with van der Waals surface area (Å²) < 4.78 is 11.5. The topological polar surface area (TPSA) is 35.5 Å². The molecule has 2 aromatic rings. The molecule has 2 rings (SSSR count). The first-order chi connectivity index (χ1) is 10.1. The lowest BCUT2D eigenvalue weighted by atomic mass is 10.1. The van der Waals surface area contributed by atoms with Crippen molar-refractivity contribution in [3.63, 3.8) is 0 Å². The molecule has 0 radical (unpaired) electrons. The van der Waals surface area contributed by atoms with E-state index in [0.29, 0.717) is 17.1 Å². The number of allylic oxidation sites excluding steroid dienone is 1. The zero-order valence-corrected chi connectivity index (χ0v) is 14.0. The molecule has 0 bridgehead atoms. The molecule has 21 heavy (non-hydrogen) atoms. The third-order valence-electron chi connectivity index (χ3n) is 2.96. The van der Waals surface area contributed by atoms with Crippen LogP contribution in [0.25, 0.3) is 6.08 Å². The first kappa shape index (κ1) is 15.6. The second kappa shape index (κ2) is 7.26. The number of ether oxygens (including phenoxy) is 2. The van der Waals surface area contributed by atoms with Gasteiger partial charge in [-0.2, -0.15) is 0 Å². The number of hydrogen-bond donors (Lipinski definition) is 0. The Morgan fingerprint density at radius 3 is 2.29 bits per heavy atom. The highest BCUT2D eigenvalue weighted by molar-refractivity contribution is 14.1. The molecule has 0 heterocycles. The Balaban J connectivity index is 2.17. The normalized spacial score (nSPS) is 10.6. The number of rotatable bonds is 5. The van der Waals surface area contributed by atoms with E-state index in [2.05, 4.69) is 22.6 Å². The molecule has 108 valence electrons. The molecule has 0 spiro atoms. The Morgan fingerprint density at radius 2 is 1.67 bits per heavy atom. The maximum Gasteiger partial charge on any atom is 0.185 e. The van der Waals surface area contributed by atoms with Gasteiger partial charge in [0, 0.05) is 9.13 Å². The van der Waals surface area contributed by atoms with Crippen LogP contribution in [-0.4, -0.2) is 20.0 Å². The van der Waals surface area contributed by atoms with Crippen LogP contribution < -0.4 is 9.47 Å². The van der Waals surface area contributed by atoms with Gasteiger partial charge in [0.1, 0.15) is 0 Å². The molecule has 0 unspecified atom stereocenters. The number of ketones is 1. The van der Waals surface area contributed by atoms with Crippen molar-refractivity contribution < 1.29 is 14.3 Å². The van der Waals surface area contributed by atoms with Crippen LogP contribution in [-0.2, 0) is 0 Å². The van der Waals surface area contributed by atoms with Gasteiger partial charge >= 0.3 is 0 Å². The van der Waals surface area contributed by atoms with Crippen LogP contribution in [0.1, 0.15) is 15.9 Å². The van der Waals surface area contributed by atoms with Crippen LogP contribution in [0, 0.1) is 3.57 Å². The lowest BCUT2D eigenvalue weighted by Gasteiger charge is -2.07. The molecule has 0 atom stereocenters. The number of methoxy groups -OCH3 is 2. The third kappa shape index (κ3) is 4.07. The molecule has 0 aliphatic rings. The van der Waals surface area contributed by atoms with Crippen LogP contribution in [0.2, 0.25) is 0 Å². The van der Waals surface area contributed by atoms with Crippen molar-refractivity contribution in [2.75, 3.05) is 14.2 Å². The molecule has 0 saturated heterocycles. The van der Waals surface area contributed by atoms with Crippen LogP contribution in [0.3, 0.4) is 0 Å². The number of carbonyl (C=O) groups excluding carboxylic acids is 1. The SMILES string of the molecule is COc1ccc(C=CC(=O)c2ccc(I)cc2)cc1OC. The Bertz CT molecular complexity index is 660. The Labute approximate surface area is 137 Å². The van der Waals surface area contributed by atoms with Crippen LogP contribution >= 0.6 is 22.6 Å². The van der Waals surface area contributed by atoms with Crippen LogP contribution in [0.5, 0.6) is 11.5 Å². The highest BCUT2D eigenvalue weighted by Crippen LogP contribution is 2.28. The molecule has 0 aliphatic heterocycles. The van der Waals surface area contributed by atoms with Gasteiger partial charge < -0.3 is 9.47 Å². The Morgan fingerprint density at radius 1 is 1.00 bits per heavy atom. The lowest BCUT2D eigenvalue weighted by molar-refractivity contribution is 0.104. The highest BCUT2D eigenvalue weighted by atomic mass is 127. The lowest BCUT2D eigenvalue weighted by Crippen LogP contribution is -1.94. The van der Waals surface area contributed by atoms with E-state index in [9.17, 15) is 4.79 Å². The Kier molecular flexibility index (Phi) is 5.38. The first-order valence-corrected chi connectivity index (χ1v) is 7.42. The summed E-state index contributed by atoms with van der Waals surface area (Å²) in [7, 11) is 3.18. The molecule has 0 aromatic heterocycles. The summed E-state index contributed by atoms with van der Waals surface area (Å²) in [6, 6.07) is 13.0. The van der Waals surface area contributed by atoms with Gasteiger partial charge in [-0.3, -0.25) is 4.79 Å². The summed E-state index contributed by atoms with van der Waals surface area (Å²) in [6.45, 7) is 0. The van der Waals surface area contributed by atoms with Gasteiger partial charge in [0.25, 0.3) is 0 Å². The second-order valence-electron chi connectivity index (χ2n) is 4.32. The van der Waals surface area contributed by atoms with Gasteiger partial charge in [-0.1, -0.05) is 24.3 Å². The van der Waals surface area contributed by atoms with Crippen molar-refractivity contribution in [2.45, 2.75) is 0 Å². The van der Waals surface area contributed by atoms with Gasteiger partial charge in [-0.05, 0) is 58.5 Å². The smallest absolute Gasteiger partial charge is 0.185 e. The molecule has 3 nitrogen and oxygen atoms in total. The average molecular weight is 394 g/mol. The summed E-state index contributed by atoms with van der Waals surface area (Å²) >= 11 is 2.21. The molecular weight excluding hydrogens is 379 g/mol. The zero-order chi connectivity index (χ0) is 15.2. The van der Waals surface area contributed by atoms with E-state index in [1.165, 1.54) is 0 Å². The fraction of sp³-hybridized carbons (Fsp3) is 0.118. The molecule has 0 saturated carbocycles. The van der Waals surface area contributed by atoms with Crippen molar-refractivity contribution in [1.82, 2.24) is 0 Å². The minimum absolute atomic E-state index is 0.0267. The van der Waals surface area contributed by atoms with Gasteiger partial charge in [0.05, 0.1) is 14.2 Å². The summed E-state index contributed by atoms with van der Waals surface area (Å²) in [5.74, 6) is 1.28. The van der Waals surface area contributed by atoms with Gasteiger partial charge in [-0.25, -0.2) is 0 Å². The third-order valence-corrected chi connectivity index (χ3v) is 3.68. The summed E-state index contributed by atoms with van der Waals surface area (Å²) in [5.41, 5.74) is 1.55. The highest BCUT2D eigenvalue weighted by Gasteiger charge is 2.04. The van der Waals surface area contributed by atoms with Crippen molar-refractivity contribution in [3.05, 3.63) is 63.2 Å². The zero-order valence-electron chi connectivity index (χ0n) is 11.8. The second-order valence-corrected chi connectivity index (χ2v) is 5.56. The minimum atomic E-state index is -0.0267. The quantitative estimate of drug-likeness (QED) is 0.433. The average Bonchev–Trinajstić information content (AvgIpc) is 2.52. The summed E-state index contributed by atoms with van der Waals surface area (Å²) in [6.07, 6.45) is 3.33. The minimum Gasteiger partial charge on any atom is -0.493 e. The number of benzene rings is 2. The number of carbonyl (C=O) groups is 1. The van der Waals surface area contributed by atoms with Gasteiger partial charge in [-0.15, -0.1) is 0 Å². The largest absolute Gasteiger partial charge is 0.493 e. The number of halogens is 1. The standard InChI is InChI=1S/C17H15IO3/c1-20-16-10-4-12(11-17(16)21-2)3-9-15(19)13-5-7-14(18)8-6-13/h3-11H,1-2H3. The first-order valence-electron chi connectivity index (χ1n) is 6.34. The van der Waals surface area contributed by atoms with E-state index in [1.54, 1.807) is 26.4 Å². The van der Waals surface area contributed by atoms with E-state index >= 15 is 0 Å². The molecule has 0 aliphatic carbocycles. The van der Waals surface area contributed by atoms with Crippen molar-refractivity contribution in [1.29, 1.82) is 0 Å². The maximum absolute atomic E-state index is 12.1. The van der Waals surface area contributed by atoms with Gasteiger partial charge in [0.2, 0.25) is 0 Å². The van der Waals surface area contributed by atoms with E-state index in [-0.39, 0.29) is 5.78 Å². The van der Waals surface area contributed by atoms with Crippen LogP contribution in [0.15, 0.2) is 48.5 Å². The van der Waals surface area contributed by atoms with Gasteiger partial charge in [0.15, 0.2) is 17.3 Å². The van der Waals surface area contributed by atoms with E-state index in [0.717, 1.165) is 9.13 Å². The summed E-state index contributed by atoms with van der Waals surface area (Å²) in [4.78, 5) is 12.1. The van der Waals surface area contributed by atoms with E-state index in [1.807, 2.05) is 42.5 Å². The fourth-order valence-electron chi connectivity index (χ4n) is 1.84. The molecule has 0 amide bonds. The van der Waals surface area contributed by atoms with Crippen LogP contribution in [0.4, 0.5) is 0 Å². The van der Waals surface area contributed by atoms with Crippen molar-refractivity contribution in [2.24, 2.45) is 0 Å². The Hall–Kier alpha value is -1.82. The molecule has 0 fully saturated rings. The molecule has 0 N–H and O–H groups in total. The van der Waals surface area contributed by atoms with Crippen molar-refractivity contribution >= 4 is 34.5 Å². The number of hydrogen-bond acceptors (Lipinski definition) is 3.